The minimum absolute atomic E-state index is 0.300. The summed E-state index contributed by atoms with van der Waals surface area (Å²) in [7, 11) is -1.97. The molecule has 0 spiro atoms. The van der Waals surface area contributed by atoms with E-state index in [4.69, 9.17) is 0 Å². The first-order valence-electron chi connectivity index (χ1n) is 5.95. The molecule has 4 nitrogen and oxygen atoms in total. The molecule has 0 aromatic heterocycles. The highest BCUT2D eigenvalue weighted by atomic mass is 79.9. The van der Waals surface area contributed by atoms with Crippen LogP contribution in [0.4, 0.5) is 5.69 Å². The van der Waals surface area contributed by atoms with Gasteiger partial charge >= 0.3 is 0 Å². The Morgan fingerprint density at radius 2 is 2.11 bits per heavy atom. The van der Waals surface area contributed by atoms with Crippen molar-refractivity contribution < 1.29 is 8.42 Å². The molecule has 1 aromatic rings. The molecule has 0 amide bonds. The third-order valence-corrected chi connectivity index (χ3v) is 5.17. The summed E-state index contributed by atoms with van der Waals surface area (Å²) in [5.41, 5.74) is 0.961. The van der Waals surface area contributed by atoms with Gasteiger partial charge in [-0.2, -0.15) is 0 Å². The summed E-state index contributed by atoms with van der Waals surface area (Å²) in [6, 6.07) is 5.79. The zero-order chi connectivity index (χ0) is 13.3. The average molecular weight is 333 g/mol. The van der Waals surface area contributed by atoms with Gasteiger partial charge in [0.05, 0.1) is 4.90 Å². The lowest BCUT2D eigenvalue weighted by molar-refractivity contribution is 0.588. The van der Waals surface area contributed by atoms with Crippen molar-refractivity contribution in [1.29, 1.82) is 0 Å². The van der Waals surface area contributed by atoms with E-state index in [2.05, 4.69) is 32.5 Å². The molecular formula is C12H17BrN2O2S. The Hall–Kier alpha value is -0.590. The van der Waals surface area contributed by atoms with E-state index in [1.807, 2.05) is 6.07 Å². The molecular weight excluding hydrogens is 316 g/mol. The van der Waals surface area contributed by atoms with Gasteiger partial charge in [-0.1, -0.05) is 15.9 Å². The maximum Gasteiger partial charge on any atom is 0.240 e. The first-order valence-corrected chi connectivity index (χ1v) is 8.22. The van der Waals surface area contributed by atoms with E-state index in [9.17, 15) is 8.42 Å². The minimum Gasteiger partial charge on any atom is -0.369 e. The fraction of sp³-hybridized carbons (Fsp3) is 0.500. The van der Waals surface area contributed by atoms with E-state index in [-0.39, 0.29) is 0 Å². The van der Waals surface area contributed by atoms with Crippen LogP contribution in [0.25, 0.3) is 0 Å². The molecule has 1 aliphatic heterocycles. The molecule has 0 aliphatic carbocycles. The predicted octanol–water partition coefficient (Wildman–Crippen LogP) is 2.35. The van der Waals surface area contributed by atoms with Crippen molar-refractivity contribution in [2.24, 2.45) is 0 Å². The first-order chi connectivity index (χ1) is 8.44. The van der Waals surface area contributed by atoms with Gasteiger partial charge in [-0.25, -0.2) is 13.1 Å². The Labute approximate surface area is 117 Å². The highest BCUT2D eigenvalue weighted by Crippen LogP contribution is 2.30. The summed E-state index contributed by atoms with van der Waals surface area (Å²) >= 11 is 3.38. The van der Waals surface area contributed by atoms with Crippen molar-refractivity contribution in [1.82, 2.24) is 4.72 Å². The molecule has 18 heavy (non-hydrogen) atoms. The van der Waals surface area contributed by atoms with Crippen LogP contribution >= 0.6 is 15.9 Å². The molecule has 2 rings (SSSR count). The van der Waals surface area contributed by atoms with Crippen LogP contribution in [0.2, 0.25) is 0 Å². The quantitative estimate of drug-likeness (QED) is 0.924. The van der Waals surface area contributed by atoms with Gasteiger partial charge in [-0.15, -0.1) is 0 Å². The second-order valence-electron chi connectivity index (χ2n) is 4.54. The fourth-order valence-electron chi connectivity index (χ4n) is 2.30. The Bertz CT molecular complexity index is 545. The van der Waals surface area contributed by atoms with Crippen LogP contribution in [0, 0.1) is 0 Å². The van der Waals surface area contributed by atoms with E-state index in [1.54, 1.807) is 12.1 Å². The van der Waals surface area contributed by atoms with Crippen molar-refractivity contribution in [3.63, 3.8) is 0 Å². The molecule has 0 saturated carbocycles. The van der Waals surface area contributed by atoms with E-state index in [0.29, 0.717) is 10.9 Å². The summed E-state index contributed by atoms with van der Waals surface area (Å²) in [5.74, 6) is 0. The molecule has 1 aromatic carbocycles. The predicted molar refractivity (Wildman–Crippen MR) is 76.4 cm³/mol. The Balaban J connectivity index is 2.44. The van der Waals surface area contributed by atoms with Crippen molar-refractivity contribution in [2.75, 3.05) is 18.5 Å². The molecule has 1 saturated heterocycles. The zero-order valence-electron chi connectivity index (χ0n) is 10.5. The van der Waals surface area contributed by atoms with Gasteiger partial charge in [0.25, 0.3) is 0 Å². The molecule has 1 aliphatic rings. The van der Waals surface area contributed by atoms with E-state index >= 15 is 0 Å². The number of nitrogens with one attached hydrogen (secondary N) is 1. The smallest absolute Gasteiger partial charge is 0.240 e. The molecule has 1 N–H and O–H groups in total. The normalized spacial score (nSPS) is 20.4. The van der Waals surface area contributed by atoms with Gasteiger partial charge in [0.2, 0.25) is 10.0 Å². The molecule has 6 heteroatoms. The summed E-state index contributed by atoms with van der Waals surface area (Å²) in [4.78, 5) is 2.55. The molecule has 1 unspecified atom stereocenters. The van der Waals surface area contributed by atoms with E-state index in [0.717, 1.165) is 29.5 Å². The zero-order valence-corrected chi connectivity index (χ0v) is 12.9. The van der Waals surface area contributed by atoms with E-state index in [1.165, 1.54) is 7.05 Å². The Morgan fingerprint density at radius 3 is 2.67 bits per heavy atom. The molecule has 1 fully saturated rings. The third-order valence-electron chi connectivity index (χ3n) is 3.32. The maximum absolute atomic E-state index is 11.9. The summed E-state index contributed by atoms with van der Waals surface area (Å²) in [6.45, 7) is 3.15. The molecule has 0 bridgehead atoms. The largest absolute Gasteiger partial charge is 0.369 e. The SMILES string of the molecule is CNS(=O)(=O)c1cc(Br)cc(N2CCCC2C)c1. The van der Waals surface area contributed by atoms with Crippen LogP contribution in [-0.2, 0) is 10.0 Å². The lowest BCUT2D eigenvalue weighted by Gasteiger charge is -2.24. The minimum atomic E-state index is -3.40. The van der Waals surface area contributed by atoms with Crippen LogP contribution in [0.1, 0.15) is 19.8 Å². The standard InChI is InChI=1S/C12H17BrN2O2S/c1-9-4-3-5-15(9)11-6-10(13)7-12(8-11)18(16,17)14-2/h6-9,14H,3-5H2,1-2H3. The topological polar surface area (TPSA) is 49.4 Å². The van der Waals surface area contributed by atoms with Crippen LogP contribution in [0.5, 0.6) is 0 Å². The van der Waals surface area contributed by atoms with Crippen molar-refractivity contribution >= 4 is 31.6 Å². The fourth-order valence-corrected chi connectivity index (χ4v) is 3.73. The third kappa shape index (κ3) is 2.70. The van der Waals surface area contributed by atoms with E-state index < -0.39 is 10.0 Å². The Morgan fingerprint density at radius 1 is 1.39 bits per heavy atom. The number of anilines is 1. The maximum atomic E-state index is 11.9. The van der Waals surface area contributed by atoms with Crippen molar-refractivity contribution in [3.8, 4) is 0 Å². The summed E-state index contributed by atoms with van der Waals surface area (Å²) < 4.78 is 26.8. The lowest BCUT2D eigenvalue weighted by Crippen LogP contribution is -2.27. The number of nitrogens with zero attached hydrogens (tertiary/aromatic N) is 1. The molecule has 0 radical (unpaired) electrons. The van der Waals surface area contributed by atoms with Gasteiger partial charge in [-0.05, 0) is 45.0 Å². The highest BCUT2D eigenvalue weighted by molar-refractivity contribution is 9.10. The number of hydrogen-bond donors (Lipinski definition) is 1. The number of benzene rings is 1. The second kappa shape index (κ2) is 5.19. The number of sulfonamides is 1. The van der Waals surface area contributed by atoms with Crippen LogP contribution in [0.15, 0.2) is 27.6 Å². The van der Waals surface area contributed by atoms with Crippen molar-refractivity contribution in [2.45, 2.75) is 30.7 Å². The number of halogens is 1. The van der Waals surface area contributed by atoms with Crippen LogP contribution < -0.4 is 9.62 Å². The lowest BCUT2D eigenvalue weighted by atomic mass is 10.2. The van der Waals surface area contributed by atoms with Gasteiger partial charge in [-0.3, -0.25) is 0 Å². The van der Waals surface area contributed by atoms with Crippen molar-refractivity contribution in [3.05, 3.63) is 22.7 Å². The molecule has 1 atom stereocenters. The van der Waals surface area contributed by atoms with Gasteiger partial charge < -0.3 is 4.90 Å². The number of rotatable bonds is 3. The molecule has 100 valence electrons. The van der Waals surface area contributed by atoms with Crippen LogP contribution in [-0.4, -0.2) is 28.1 Å². The van der Waals surface area contributed by atoms with Crippen LogP contribution in [0.3, 0.4) is 0 Å². The van der Waals surface area contributed by atoms with Gasteiger partial charge in [0.15, 0.2) is 0 Å². The average Bonchev–Trinajstić information content (AvgIpc) is 2.74. The highest BCUT2D eigenvalue weighted by Gasteiger charge is 2.22. The monoisotopic (exact) mass is 332 g/mol. The molecule has 1 heterocycles. The van der Waals surface area contributed by atoms with Gasteiger partial charge in [0, 0.05) is 22.7 Å². The number of hydrogen-bond acceptors (Lipinski definition) is 3. The van der Waals surface area contributed by atoms with Gasteiger partial charge in [0.1, 0.15) is 0 Å². The first kappa shape index (κ1) is 13.8. The summed E-state index contributed by atoms with van der Waals surface area (Å²) in [5, 5.41) is 0. The summed E-state index contributed by atoms with van der Waals surface area (Å²) in [6.07, 6.45) is 2.31. The second-order valence-corrected chi connectivity index (χ2v) is 7.34. The Kier molecular flexibility index (Phi) is 3.99.